The van der Waals surface area contributed by atoms with E-state index < -0.39 is 6.04 Å². The SMILES string of the molecule is CC(NC(=O)c1cccs1)C(=O)NCc1cccc(F)c1. The van der Waals surface area contributed by atoms with Gasteiger partial charge in [0.25, 0.3) is 5.91 Å². The van der Waals surface area contributed by atoms with Crippen molar-refractivity contribution >= 4 is 23.2 Å². The molecule has 21 heavy (non-hydrogen) atoms. The van der Waals surface area contributed by atoms with Crippen LogP contribution < -0.4 is 10.6 Å². The number of amides is 2. The highest BCUT2D eigenvalue weighted by Gasteiger charge is 2.16. The summed E-state index contributed by atoms with van der Waals surface area (Å²) in [6, 6.07) is 8.81. The summed E-state index contributed by atoms with van der Waals surface area (Å²) in [4.78, 5) is 24.3. The smallest absolute Gasteiger partial charge is 0.261 e. The second-order valence-electron chi connectivity index (χ2n) is 4.52. The van der Waals surface area contributed by atoms with Crippen molar-refractivity contribution < 1.29 is 14.0 Å². The normalized spacial score (nSPS) is 11.7. The Morgan fingerprint density at radius 2 is 2.10 bits per heavy atom. The lowest BCUT2D eigenvalue weighted by molar-refractivity contribution is -0.122. The van der Waals surface area contributed by atoms with Crippen LogP contribution in [-0.2, 0) is 11.3 Å². The number of benzene rings is 1. The summed E-state index contributed by atoms with van der Waals surface area (Å²) in [6.07, 6.45) is 0. The van der Waals surface area contributed by atoms with Gasteiger partial charge in [0.05, 0.1) is 4.88 Å². The summed E-state index contributed by atoms with van der Waals surface area (Å²) in [5.41, 5.74) is 0.667. The largest absolute Gasteiger partial charge is 0.350 e. The molecule has 1 aromatic heterocycles. The van der Waals surface area contributed by atoms with Gasteiger partial charge >= 0.3 is 0 Å². The molecular weight excluding hydrogens is 291 g/mol. The highest BCUT2D eigenvalue weighted by molar-refractivity contribution is 7.12. The summed E-state index contributed by atoms with van der Waals surface area (Å²) in [7, 11) is 0. The van der Waals surface area contributed by atoms with Crippen LogP contribution in [0.15, 0.2) is 41.8 Å². The molecule has 2 N–H and O–H groups in total. The van der Waals surface area contributed by atoms with E-state index >= 15 is 0 Å². The summed E-state index contributed by atoms with van der Waals surface area (Å²) in [5.74, 6) is -0.941. The van der Waals surface area contributed by atoms with Gasteiger partial charge in [-0.3, -0.25) is 9.59 Å². The Hall–Kier alpha value is -2.21. The number of halogens is 1. The molecule has 2 rings (SSSR count). The molecule has 0 aliphatic heterocycles. The third-order valence-electron chi connectivity index (χ3n) is 2.84. The Labute approximate surface area is 126 Å². The van der Waals surface area contributed by atoms with Crippen LogP contribution in [0.25, 0.3) is 0 Å². The molecule has 0 fully saturated rings. The first kappa shape index (κ1) is 15.2. The number of thiophene rings is 1. The maximum atomic E-state index is 13.0. The number of carbonyl (C=O) groups excluding carboxylic acids is 2. The van der Waals surface area contributed by atoms with Crippen molar-refractivity contribution in [2.24, 2.45) is 0 Å². The monoisotopic (exact) mass is 306 g/mol. The van der Waals surface area contributed by atoms with Gasteiger partial charge in [0.1, 0.15) is 11.9 Å². The van der Waals surface area contributed by atoms with Crippen molar-refractivity contribution in [2.75, 3.05) is 0 Å². The van der Waals surface area contributed by atoms with E-state index in [1.165, 1.54) is 23.5 Å². The standard InChI is InChI=1S/C15H15FN2O2S/c1-10(18-15(20)13-6-3-7-21-13)14(19)17-9-11-4-2-5-12(16)8-11/h2-8,10H,9H2,1H3,(H,17,19)(H,18,20). The number of hydrogen-bond donors (Lipinski definition) is 2. The van der Waals surface area contributed by atoms with E-state index in [-0.39, 0.29) is 24.2 Å². The molecular formula is C15H15FN2O2S. The first-order valence-corrected chi connectivity index (χ1v) is 7.31. The molecule has 0 bridgehead atoms. The molecule has 2 amide bonds. The molecule has 0 saturated carbocycles. The molecule has 1 aromatic carbocycles. The molecule has 2 aromatic rings. The van der Waals surface area contributed by atoms with Crippen LogP contribution in [0.4, 0.5) is 4.39 Å². The number of hydrogen-bond acceptors (Lipinski definition) is 3. The lowest BCUT2D eigenvalue weighted by Gasteiger charge is -2.13. The van der Waals surface area contributed by atoms with Crippen LogP contribution in [0.3, 0.4) is 0 Å². The third-order valence-corrected chi connectivity index (χ3v) is 3.71. The van der Waals surface area contributed by atoms with Crippen molar-refractivity contribution in [3.63, 3.8) is 0 Å². The predicted molar refractivity (Wildman–Crippen MR) is 79.5 cm³/mol. The number of carbonyl (C=O) groups is 2. The lowest BCUT2D eigenvalue weighted by atomic mass is 10.2. The molecule has 0 aliphatic rings. The zero-order chi connectivity index (χ0) is 15.2. The van der Waals surface area contributed by atoms with Crippen molar-refractivity contribution in [2.45, 2.75) is 19.5 Å². The maximum absolute atomic E-state index is 13.0. The zero-order valence-corrected chi connectivity index (χ0v) is 12.2. The van der Waals surface area contributed by atoms with Gasteiger partial charge in [0.2, 0.25) is 5.91 Å². The second kappa shape index (κ2) is 6.99. The molecule has 4 nitrogen and oxygen atoms in total. The Morgan fingerprint density at radius 1 is 1.29 bits per heavy atom. The van der Waals surface area contributed by atoms with E-state index in [4.69, 9.17) is 0 Å². The van der Waals surface area contributed by atoms with E-state index in [0.29, 0.717) is 10.4 Å². The summed E-state index contributed by atoms with van der Waals surface area (Å²) in [5, 5.41) is 7.07. The second-order valence-corrected chi connectivity index (χ2v) is 5.47. The van der Waals surface area contributed by atoms with Crippen LogP contribution in [0.2, 0.25) is 0 Å². The molecule has 0 spiro atoms. The quantitative estimate of drug-likeness (QED) is 0.890. The van der Waals surface area contributed by atoms with Crippen molar-refractivity contribution in [1.29, 1.82) is 0 Å². The van der Waals surface area contributed by atoms with Crippen LogP contribution >= 0.6 is 11.3 Å². The van der Waals surface area contributed by atoms with E-state index in [2.05, 4.69) is 10.6 Å². The van der Waals surface area contributed by atoms with Gasteiger partial charge in [-0.05, 0) is 36.1 Å². The van der Waals surface area contributed by atoms with Gasteiger partial charge in [-0.15, -0.1) is 11.3 Å². The van der Waals surface area contributed by atoms with Crippen molar-refractivity contribution in [3.05, 3.63) is 58.0 Å². The molecule has 0 aliphatic carbocycles. The van der Waals surface area contributed by atoms with Gasteiger partial charge in [-0.25, -0.2) is 4.39 Å². The summed E-state index contributed by atoms with van der Waals surface area (Å²) < 4.78 is 13.0. The van der Waals surface area contributed by atoms with Gasteiger partial charge < -0.3 is 10.6 Å². The molecule has 110 valence electrons. The average molecular weight is 306 g/mol. The lowest BCUT2D eigenvalue weighted by Crippen LogP contribution is -2.44. The Morgan fingerprint density at radius 3 is 2.76 bits per heavy atom. The molecule has 6 heteroatoms. The topological polar surface area (TPSA) is 58.2 Å². The molecule has 1 heterocycles. The van der Waals surface area contributed by atoms with E-state index in [1.54, 1.807) is 36.6 Å². The van der Waals surface area contributed by atoms with Gasteiger partial charge in [-0.1, -0.05) is 18.2 Å². The molecule has 0 radical (unpaired) electrons. The summed E-state index contributed by atoms with van der Waals surface area (Å²) in [6.45, 7) is 1.82. The minimum absolute atomic E-state index is 0.218. The van der Waals surface area contributed by atoms with Gasteiger partial charge in [0.15, 0.2) is 0 Å². The highest BCUT2D eigenvalue weighted by atomic mass is 32.1. The van der Waals surface area contributed by atoms with Crippen molar-refractivity contribution in [3.8, 4) is 0 Å². The Bertz CT molecular complexity index is 628. The minimum Gasteiger partial charge on any atom is -0.350 e. The first-order valence-electron chi connectivity index (χ1n) is 6.43. The Balaban J connectivity index is 1.84. The molecule has 0 saturated heterocycles. The van der Waals surface area contributed by atoms with Gasteiger partial charge in [0, 0.05) is 6.54 Å². The minimum atomic E-state index is -0.659. The maximum Gasteiger partial charge on any atom is 0.261 e. The van der Waals surface area contributed by atoms with E-state index in [0.717, 1.165) is 0 Å². The molecule has 1 unspecified atom stereocenters. The number of rotatable bonds is 5. The highest BCUT2D eigenvalue weighted by Crippen LogP contribution is 2.08. The Kier molecular flexibility index (Phi) is 5.05. The van der Waals surface area contributed by atoms with E-state index in [9.17, 15) is 14.0 Å². The zero-order valence-electron chi connectivity index (χ0n) is 11.4. The van der Waals surface area contributed by atoms with Crippen LogP contribution in [0.5, 0.6) is 0 Å². The van der Waals surface area contributed by atoms with E-state index in [1.807, 2.05) is 0 Å². The predicted octanol–water partition coefficient (Wildman–Crippen LogP) is 2.32. The van der Waals surface area contributed by atoms with Crippen LogP contribution in [0.1, 0.15) is 22.2 Å². The fraction of sp³-hybridized carbons (Fsp3) is 0.200. The van der Waals surface area contributed by atoms with Crippen molar-refractivity contribution in [1.82, 2.24) is 10.6 Å². The first-order chi connectivity index (χ1) is 10.1. The average Bonchev–Trinajstić information content (AvgIpc) is 2.99. The number of nitrogens with one attached hydrogen (secondary N) is 2. The third kappa shape index (κ3) is 4.39. The van der Waals surface area contributed by atoms with Gasteiger partial charge in [-0.2, -0.15) is 0 Å². The fourth-order valence-electron chi connectivity index (χ4n) is 1.73. The molecule has 1 atom stereocenters. The fourth-order valence-corrected chi connectivity index (χ4v) is 2.36. The van der Waals surface area contributed by atoms with Crippen LogP contribution in [0, 0.1) is 5.82 Å². The summed E-state index contributed by atoms with van der Waals surface area (Å²) >= 11 is 1.31. The van der Waals surface area contributed by atoms with Crippen LogP contribution in [-0.4, -0.2) is 17.9 Å².